The molecule has 3 aromatic heterocycles. The molecule has 0 saturated carbocycles. The first-order chi connectivity index (χ1) is 22.0. The summed E-state index contributed by atoms with van der Waals surface area (Å²) in [4.78, 5) is 16.3. The van der Waals surface area contributed by atoms with Crippen LogP contribution in [0.4, 0.5) is 17.2 Å². The molecule has 6 aromatic rings. The number of para-hydroxylation sites is 1. The maximum atomic E-state index is 10.9. The van der Waals surface area contributed by atoms with Gasteiger partial charge in [-0.25, -0.2) is 9.97 Å². The Kier molecular flexibility index (Phi) is 8.18. The van der Waals surface area contributed by atoms with Crippen LogP contribution >= 0.6 is 0 Å². The summed E-state index contributed by atoms with van der Waals surface area (Å²) in [5, 5.41) is 10.9. The SMILES string of the molecule is CC(C)(C)c1cc(-c2cc(-c3cccc(N(c4ccccc4)c4ccccn4)c3)nc(-c3cnccc3O)c2)cc(C(C)(C)C)c1. The minimum Gasteiger partial charge on any atom is -0.507 e. The Labute approximate surface area is 272 Å². The van der Waals surface area contributed by atoms with E-state index in [0.717, 1.165) is 39.6 Å². The van der Waals surface area contributed by atoms with E-state index in [2.05, 4.69) is 123 Å². The number of anilines is 3. The average Bonchev–Trinajstić information content (AvgIpc) is 3.05. The van der Waals surface area contributed by atoms with Crippen LogP contribution in [0.15, 0.2) is 128 Å². The first-order valence-electron chi connectivity index (χ1n) is 15.7. The molecule has 0 amide bonds. The van der Waals surface area contributed by atoms with Crippen molar-refractivity contribution in [2.75, 3.05) is 4.90 Å². The van der Waals surface area contributed by atoms with Crippen molar-refractivity contribution >= 4 is 17.2 Å². The molecule has 5 nitrogen and oxygen atoms in total. The molecule has 0 unspecified atom stereocenters. The first-order valence-corrected chi connectivity index (χ1v) is 15.7. The summed E-state index contributed by atoms with van der Waals surface area (Å²) >= 11 is 0. The summed E-state index contributed by atoms with van der Waals surface area (Å²) in [5.74, 6) is 0.964. The zero-order valence-electron chi connectivity index (χ0n) is 27.4. The summed E-state index contributed by atoms with van der Waals surface area (Å²) in [6.07, 6.45) is 5.07. The van der Waals surface area contributed by atoms with E-state index < -0.39 is 0 Å². The van der Waals surface area contributed by atoms with Gasteiger partial charge in [-0.15, -0.1) is 0 Å². The number of hydrogen-bond acceptors (Lipinski definition) is 5. The molecule has 1 N–H and O–H groups in total. The van der Waals surface area contributed by atoms with Crippen LogP contribution in [0, 0.1) is 0 Å². The highest BCUT2D eigenvalue weighted by atomic mass is 16.3. The predicted molar refractivity (Wildman–Crippen MR) is 190 cm³/mol. The number of nitrogens with zero attached hydrogens (tertiary/aromatic N) is 4. The summed E-state index contributed by atoms with van der Waals surface area (Å²) in [6.45, 7) is 13.5. The van der Waals surface area contributed by atoms with Crippen molar-refractivity contribution in [3.8, 4) is 39.4 Å². The van der Waals surface area contributed by atoms with E-state index in [4.69, 9.17) is 4.98 Å². The number of hydrogen-bond donors (Lipinski definition) is 1. The van der Waals surface area contributed by atoms with Gasteiger partial charge in [0.25, 0.3) is 0 Å². The maximum absolute atomic E-state index is 10.9. The molecule has 46 heavy (non-hydrogen) atoms. The predicted octanol–water partition coefficient (Wildman–Crippen LogP) is 10.6. The Balaban J connectivity index is 1.56. The average molecular weight is 605 g/mol. The fourth-order valence-electron chi connectivity index (χ4n) is 5.51. The van der Waals surface area contributed by atoms with Gasteiger partial charge in [-0.3, -0.25) is 9.88 Å². The van der Waals surface area contributed by atoms with Crippen LogP contribution in [-0.2, 0) is 10.8 Å². The molecule has 230 valence electrons. The molecule has 0 atom stereocenters. The van der Waals surface area contributed by atoms with Crippen LogP contribution in [-0.4, -0.2) is 20.1 Å². The van der Waals surface area contributed by atoms with Crippen molar-refractivity contribution in [3.63, 3.8) is 0 Å². The van der Waals surface area contributed by atoms with Gasteiger partial charge < -0.3 is 5.11 Å². The second kappa shape index (κ2) is 12.2. The van der Waals surface area contributed by atoms with Gasteiger partial charge in [-0.05, 0) is 87.7 Å². The van der Waals surface area contributed by atoms with Crippen LogP contribution in [0.1, 0.15) is 52.7 Å². The molecule has 0 bridgehead atoms. The third-order valence-electron chi connectivity index (χ3n) is 8.19. The Hall–Kier alpha value is -5.29. The monoisotopic (exact) mass is 604 g/mol. The standard InChI is InChI=1S/C41H40N4O/c1-40(2,3)31-21-29(22-32(26-31)41(4,5)6)30-24-36(44-37(25-30)35-27-42-20-18-38(35)46)28-13-12-16-34(23-28)45(33-14-8-7-9-15-33)39-17-10-11-19-43-39/h7-27H,1-6H3,(H,42,46). The van der Waals surface area contributed by atoms with Crippen LogP contribution < -0.4 is 4.90 Å². The number of aromatic nitrogens is 3. The Morgan fingerprint density at radius 3 is 1.87 bits per heavy atom. The normalized spacial score (nSPS) is 11.8. The van der Waals surface area contributed by atoms with Gasteiger partial charge >= 0.3 is 0 Å². The second-order valence-corrected chi connectivity index (χ2v) is 13.7. The topological polar surface area (TPSA) is 62.1 Å². The van der Waals surface area contributed by atoms with Gasteiger partial charge in [0.2, 0.25) is 0 Å². The molecule has 0 saturated heterocycles. The van der Waals surface area contributed by atoms with Crippen LogP contribution in [0.3, 0.4) is 0 Å². The lowest BCUT2D eigenvalue weighted by molar-refractivity contribution is 0.476. The number of aromatic hydroxyl groups is 1. The molecule has 0 aliphatic heterocycles. The maximum Gasteiger partial charge on any atom is 0.137 e. The van der Waals surface area contributed by atoms with Gasteiger partial charge in [-0.1, -0.05) is 96.1 Å². The summed E-state index contributed by atoms with van der Waals surface area (Å²) in [6, 6.07) is 37.3. The number of benzene rings is 3. The summed E-state index contributed by atoms with van der Waals surface area (Å²) in [7, 11) is 0. The van der Waals surface area contributed by atoms with Crippen LogP contribution in [0.2, 0.25) is 0 Å². The first kappa shape index (κ1) is 30.7. The molecule has 0 aliphatic carbocycles. The van der Waals surface area contributed by atoms with Crippen molar-refractivity contribution in [1.82, 2.24) is 15.0 Å². The quantitative estimate of drug-likeness (QED) is 0.205. The lowest BCUT2D eigenvalue weighted by Crippen LogP contribution is -2.16. The molecule has 6 rings (SSSR count). The molecule has 0 aliphatic rings. The molecule has 3 heterocycles. The van der Waals surface area contributed by atoms with E-state index in [-0.39, 0.29) is 16.6 Å². The number of rotatable bonds is 6. The van der Waals surface area contributed by atoms with Crippen molar-refractivity contribution in [2.24, 2.45) is 0 Å². The van der Waals surface area contributed by atoms with E-state index >= 15 is 0 Å². The molecular formula is C41H40N4O. The van der Waals surface area contributed by atoms with Crippen molar-refractivity contribution in [3.05, 3.63) is 139 Å². The van der Waals surface area contributed by atoms with E-state index in [0.29, 0.717) is 11.3 Å². The van der Waals surface area contributed by atoms with E-state index in [9.17, 15) is 5.11 Å². The molecule has 3 aromatic carbocycles. The minimum atomic E-state index is -0.0307. The summed E-state index contributed by atoms with van der Waals surface area (Å²) < 4.78 is 0. The largest absolute Gasteiger partial charge is 0.507 e. The zero-order valence-corrected chi connectivity index (χ0v) is 27.4. The Morgan fingerprint density at radius 1 is 0.565 bits per heavy atom. The lowest BCUT2D eigenvalue weighted by Gasteiger charge is -2.26. The van der Waals surface area contributed by atoms with Crippen molar-refractivity contribution in [2.45, 2.75) is 52.4 Å². The van der Waals surface area contributed by atoms with Gasteiger partial charge in [-0.2, -0.15) is 0 Å². The fourth-order valence-corrected chi connectivity index (χ4v) is 5.51. The smallest absolute Gasteiger partial charge is 0.137 e. The molecule has 0 fully saturated rings. The zero-order chi connectivity index (χ0) is 32.5. The van der Waals surface area contributed by atoms with Crippen LogP contribution in [0.25, 0.3) is 33.6 Å². The number of pyridine rings is 3. The van der Waals surface area contributed by atoms with Gasteiger partial charge in [0, 0.05) is 35.5 Å². The van der Waals surface area contributed by atoms with Crippen molar-refractivity contribution < 1.29 is 5.11 Å². The lowest BCUT2D eigenvalue weighted by atomic mass is 9.79. The third-order valence-corrected chi connectivity index (χ3v) is 8.19. The minimum absolute atomic E-state index is 0.0307. The highest BCUT2D eigenvalue weighted by Crippen LogP contribution is 2.39. The van der Waals surface area contributed by atoms with E-state index in [1.165, 1.54) is 11.1 Å². The highest BCUT2D eigenvalue weighted by Gasteiger charge is 2.22. The molecular weight excluding hydrogens is 564 g/mol. The van der Waals surface area contributed by atoms with E-state index in [1.54, 1.807) is 18.5 Å². The van der Waals surface area contributed by atoms with E-state index in [1.807, 2.05) is 42.6 Å². The van der Waals surface area contributed by atoms with Crippen LogP contribution in [0.5, 0.6) is 5.75 Å². The van der Waals surface area contributed by atoms with Gasteiger partial charge in [0.15, 0.2) is 0 Å². The molecule has 0 radical (unpaired) electrons. The highest BCUT2D eigenvalue weighted by molar-refractivity contribution is 5.82. The Bertz CT molecular complexity index is 1900. The third kappa shape index (κ3) is 6.54. The van der Waals surface area contributed by atoms with Gasteiger partial charge in [0.1, 0.15) is 11.6 Å². The molecule has 0 spiro atoms. The molecule has 5 heteroatoms. The fraction of sp³-hybridized carbons (Fsp3) is 0.195. The summed E-state index contributed by atoms with van der Waals surface area (Å²) in [5.41, 5.74) is 9.58. The second-order valence-electron chi connectivity index (χ2n) is 13.7. The van der Waals surface area contributed by atoms with Gasteiger partial charge in [0.05, 0.1) is 17.0 Å². The van der Waals surface area contributed by atoms with Crippen molar-refractivity contribution in [1.29, 1.82) is 0 Å². The Morgan fingerprint density at radius 2 is 1.22 bits per heavy atom.